The topological polar surface area (TPSA) is 66.2 Å². The number of fused-ring (bicyclic) bond motifs is 1. The highest BCUT2D eigenvalue weighted by molar-refractivity contribution is 5.72. The Labute approximate surface area is 148 Å². The van der Waals surface area contributed by atoms with Crippen LogP contribution in [0.15, 0.2) is 18.2 Å². The lowest BCUT2D eigenvalue weighted by molar-refractivity contribution is -0.145. The summed E-state index contributed by atoms with van der Waals surface area (Å²) in [5, 5.41) is 8.67. The predicted molar refractivity (Wildman–Crippen MR) is 93.4 cm³/mol. The number of hydrogen-bond donors (Lipinski definition) is 0. The molecule has 0 bridgehead atoms. The molecule has 0 radical (unpaired) electrons. The summed E-state index contributed by atoms with van der Waals surface area (Å²) in [5.74, 6) is 2.37. The van der Waals surface area contributed by atoms with Gasteiger partial charge in [-0.1, -0.05) is 12.1 Å². The number of carbonyl (C=O) groups excluding carboxylic acids is 1. The van der Waals surface area contributed by atoms with E-state index >= 15 is 0 Å². The summed E-state index contributed by atoms with van der Waals surface area (Å²) in [5.41, 5.74) is 2.33. The summed E-state index contributed by atoms with van der Waals surface area (Å²) in [6, 6.07) is 6.05. The molecule has 0 aliphatic carbocycles. The molecule has 2 atom stereocenters. The standard InChI is InChI=1S/C19H25N3O3/c1-12-6-5-7-16(13(12)2)25-14(3)18-21-20-17-9-8-15(19(23)24-4)10-11-22(17)18/h5-7,14-15H,8-11H2,1-4H3. The minimum Gasteiger partial charge on any atom is -0.482 e. The van der Waals surface area contributed by atoms with Gasteiger partial charge in [0.05, 0.1) is 13.0 Å². The van der Waals surface area contributed by atoms with Crippen molar-refractivity contribution < 1.29 is 14.3 Å². The summed E-state index contributed by atoms with van der Waals surface area (Å²) < 4.78 is 13.1. The van der Waals surface area contributed by atoms with Crippen LogP contribution in [-0.2, 0) is 22.5 Å². The molecule has 1 aliphatic rings. The summed E-state index contributed by atoms with van der Waals surface area (Å²) in [6.07, 6.45) is 2.00. The van der Waals surface area contributed by atoms with E-state index < -0.39 is 0 Å². The van der Waals surface area contributed by atoms with E-state index in [1.807, 2.05) is 19.1 Å². The number of nitrogens with zero attached hydrogens (tertiary/aromatic N) is 3. The Morgan fingerprint density at radius 3 is 2.84 bits per heavy atom. The second kappa shape index (κ2) is 7.25. The molecule has 0 amide bonds. The SMILES string of the molecule is COC(=O)C1CCc2nnc(C(C)Oc3cccc(C)c3C)n2CC1. The van der Waals surface area contributed by atoms with Crippen LogP contribution in [0.5, 0.6) is 5.75 Å². The van der Waals surface area contributed by atoms with Crippen molar-refractivity contribution >= 4 is 5.97 Å². The molecule has 6 heteroatoms. The van der Waals surface area contributed by atoms with Gasteiger partial charge in [0.1, 0.15) is 11.6 Å². The smallest absolute Gasteiger partial charge is 0.308 e. The first kappa shape index (κ1) is 17.5. The predicted octanol–water partition coefficient (Wildman–Crippen LogP) is 3.16. The van der Waals surface area contributed by atoms with Gasteiger partial charge in [0.2, 0.25) is 0 Å². The van der Waals surface area contributed by atoms with Crippen LogP contribution in [0, 0.1) is 19.8 Å². The number of carbonyl (C=O) groups is 1. The molecule has 2 heterocycles. The Balaban J connectivity index is 1.78. The quantitative estimate of drug-likeness (QED) is 0.798. The van der Waals surface area contributed by atoms with E-state index in [4.69, 9.17) is 9.47 Å². The molecular formula is C19H25N3O3. The molecule has 2 unspecified atom stereocenters. The Kier molecular flexibility index (Phi) is 5.06. The van der Waals surface area contributed by atoms with Crippen LogP contribution >= 0.6 is 0 Å². The van der Waals surface area contributed by atoms with Gasteiger partial charge in [-0.3, -0.25) is 4.79 Å². The first-order chi connectivity index (χ1) is 12.0. The molecule has 0 N–H and O–H groups in total. The van der Waals surface area contributed by atoms with Crippen molar-refractivity contribution in [3.8, 4) is 5.75 Å². The summed E-state index contributed by atoms with van der Waals surface area (Å²) >= 11 is 0. The van der Waals surface area contributed by atoms with Gasteiger partial charge in [-0.25, -0.2) is 0 Å². The molecule has 2 aromatic rings. The van der Waals surface area contributed by atoms with E-state index in [-0.39, 0.29) is 18.0 Å². The van der Waals surface area contributed by atoms with Gasteiger partial charge < -0.3 is 14.0 Å². The minimum absolute atomic E-state index is 0.0743. The van der Waals surface area contributed by atoms with Crippen LogP contribution in [0.25, 0.3) is 0 Å². The number of hydrogen-bond acceptors (Lipinski definition) is 5. The van der Waals surface area contributed by atoms with Crippen molar-refractivity contribution in [2.75, 3.05) is 7.11 Å². The number of methoxy groups -OCH3 is 1. The molecule has 0 spiro atoms. The fraction of sp³-hybridized carbons (Fsp3) is 0.526. The highest BCUT2D eigenvalue weighted by Gasteiger charge is 2.27. The number of ether oxygens (including phenoxy) is 2. The lowest BCUT2D eigenvalue weighted by Gasteiger charge is -2.18. The molecule has 1 aliphatic heterocycles. The van der Waals surface area contributed by atoms with E-state index in [9.17, 15) is 4.79 Å². The van der Waals surface area contributed by atoms with Crippen LogP contribution in [0.4, 0.5) is 0 Å². The van der Waals surface area contributed by atoms with Crippen molar-refractivity contribution in [3.05, 3.63) is 41.0 Å². The molecule has 134 valence electrons. The molecule has 0 fully saturated rings. The second-order valence-corrected chi connectivity index (χ2v) is 6.63. The fourth-order valence-corrected chi connectivity index (χ4v) is 3.31. The monoisotopic (exact) mass is 343 g/mol. The van der Waals surface area contributed by atoms with Crippen LogP contribution in [0.1, 0.15) is 48.6 Å². The highest BCUT2D eigenvalue weighted by Crippen LogP contribution is 2.28. The molecule has 3 rings (SSSR count). The number of aromatic nitrogens is 3. The third-order valence-corrected chi connectivity index (χ3v) is 5.03. The third kappa shape index (κ3) is 3.52. The fourth-order valence-electron chi connectivity index (χ4n) is 3.31. The maximum atomic E-state index is 11.8. The van der Waals surface area contributed by atoms with E-state index in [0.29, 0.717) is 6.54 Å². The Morgan fingerprint density at radius 1 is 1.28 bits per heavy atom. The van der Waals surface area contributed by atoms with Crippen LogP contribution in [0.3, 0.4) is 0 Å². The van der Waals surface area contributed by atoms with Crippen LogP contribution in [0.2, 0.25) is 0 Å². The zero-order chi connectivity index (χ0) is 18.0. The van der Waals surface area contributed by atoms with Crippen LogP contribution in [-0.4, -0.2) is 27.8 Å². The maximum absolute atomic E-state index is 11.8. The minimum atomic E-state index is -0.212. The summed E-state index contributed by atoms with van der Waals surface area (Å²) in [4.78, 5) is 11.8. The van der Waals surface area contributed by atoms with Gasteiger partial charge >= 0.3 is 5.97 Å². The van der Waals surface area contributed by atoms with E-state index in [2.05, 4.69) is 34.7 Å². The molecule has 0 saturated carbocycles. The van der Waals surface area contributed by atoms with Gasteiger partial charge in [0.15, 0.2) is 11.9 Å². The largest absolute Gasteiger partial charge is 0.482 e. The van der Waals surface area contributed by atoms with E-state index in [1.165, 1.54) is 12.7 Å². The van der Waals surface area contributed by atoms with Crippen LogP contribution < -0.4 is 4.74 Å². The Bertz CT molecular complexity index is 769. The molecule has 1 aromatic carbocycles. The molecule has 0 saturated heterocycles. The van der Waals surface area contributed by atoms with Crippen molar-refractivity contribution in [2.45, 2.75) is 52.7 Å². The number of esters is 1. The lowest BCUT2D eigenvalue weighted by Crippen LogP contribution is -2.18. The average Bonchev–Trinajstić information content (AvgIpc) is 2.90. The summed E-state index contributed by atoms with van der Waals surface area (Å²) in [7, 11) is 1.44. The van der Waals surface area contributed by atoms with Crippen molar-refractivity contribution in [2.24, 2.45) is 5.92 Å². The maximum Gasteiger partial charge on any atom is 0.308 e. The van der Waals surface area contributed by atoms with E-state index in [0.717, 1.165) is 42.2 Å². The van der Waals surface area contributed by atoms with Gasteiger partial charge in [0.25, 0.3) is 0 Å². The first-order valence-electron chi connectivity index (χ1n) is 8.74. The van der Waals surface area contributed by atoms with Crippen molar-refractivity contribution in [3.63, 3.8) is 0 Å². The zero-order valence-electron chi connectivity index (χ0n) is 15.3. The molecular weight excluding hydrogens is 318 g/mol. The number of aryl methyl sites for hydroxylation is 2. The molecule has 25 heavy (non-hydrogen) atoms. The van der Waals surface area contributed by atoms with Gasteiger partial charge in [-0.05, 0) is 50.8 Å². The lowest BCUT2D eigenvalue weighted by atomic mass is 10.0. The normalized spacial score (nSPS) is 18.2. The van der Waals surface area contributed by atoms with Gasteiger partial charge in [0, 0.05) is 13.0 Å². The summed E-state index contributed by atoms with van der Waals surface area (Å²) in [6.45, 7) is 6.82. The zero-order valence-corrected chi connectivity index (χ0v) is 15.3. The second-order valence-electron chi connectivity index (χ2n) is 6.63. The molecule has 1 aromatic heterocycles. The van der Waals surface area contributed by atoms with Crippen molar-refractivity contribution in [1.82, 2.24) is 14.8 Å². The average molecular weight is 343 g/mol. The Morgan fingerprint density at radius 2 is 2.08 bits per heavy atom. The Hall–Kier alpha value is -2.37. The number of benzene rings is 1. The van der Waals surface area contributed by atoms with E-state index in [1.54, 1.807) is 0 Å². The number of rotatable bonds is 4. The van der Waals surface area contributed by atoms with Gasteiger partial charge in [-0.15, -0.1) is 10.2 Å². The third-order valence-electron chi connectivity index (χ3n) is 5.03. The van der Waals surface area contributed by atoms with Gasteiger partial charge in [-0.2, -0.15) is 0 Å². The first-order valence-corrected chi connectivity index (χ1v) is 8.74. The highest BCUT2D eigenvalue weighted by atomic mass is 16.5. The molecule has 6 nitrogen and oxygen atoms in total. The van der Waals surface area contributed by atoms with Crippen molar-refractivity contribution in [1.29, 1.82) is 0 Å².